The molecule has 0 spiro atoms. The number of phosphoric acid groups is 2. The molecule has 0 radical (unpaired) electrons. The van der Waals surface area contributed by atoms with E-state index in [9.17, 15) is 47.7 Å². The van der Waals surface area contributed by atoms with Gasteiger partial charge in [-0.05, 0) is 89.9 Å². The first-order valence-electron chi connectivity index (χ1n) is 44.1. The number of unbranched alkanes of at least 4 members (excludes halogenated alkanes) is 38. The molecule has 22 nitrogen and oxygen atoms in total. The summed E-state index contributed by atoms with van der Waals surface area (Å²) in [4.78, 5) is 104. The number of ether oxygens (including phenoxy) is 4. The van der Waals surface area contributed by atoms with Crippen molar-refractivity contribution in [1.82, 2.24) is 21.3 Å². The Morgan fingerprint density at radius 2 is 0.595 bits per heavy atom. The molecule has 0 aliphatic rings. The van der Waals surface area contributed by atoms with Gasteiger partial charge in [0.15, 0.2) is 0 Å². The average Bonchev–Trinajstić information content (AvgIpc) is 0.926. The number of hydrogen-bond donors (Lipinski definition) is 4. The van der Waals surface area contributed by atoms with Crippen LogP contribution in [0, 0.1) is 0 Å². The molecule has 4 N–H and O–H groups in total. The molecule has 0 aliphatic heterocycles. The normalized spacial score (nSPS) is 13.7. The predicted octanol–water partition coefficient (Wildman–Crippen LogP) is 13.7. The maximum atomic E-state index is 13.3. The monoisotopic (exact) mass is 1630 g/mol. The zero-order valence-electron chi connectivity index (χ0n) is 71.8. The van der Waals surface area contributed by atoms with E-state index in [2.05, 4.69) is 87.1 Å². The molecule has 0 bridgehead atoms. The van der Waals surface area contributed by atoms with Crippen LogP contribution in [0.4, 0.5) is 0 Å². The van der Waals surface area contributed by atoms with E-state index >= 15 is 0 Å². The van der Waals surface area contributed by atoms with Crippen LogP contribution < -0.4 is 90.2 Å². The Morgan fingerprint density at radius 3 is 0.910 bits per heavy atom. The Kier molecular flexibility index (Phi) is 86.9. The second-order valence-corrected chi connectivity index (χ2v) is 32.7. The molecular formula is C85H160N4Na2O18P2. The first kappa shape index (κ1) is 114. The summed E-state index contributed by atoms with van der Waals surface area (Å²) in [5.74, 6) is -2.58. The number of esters is 2. The number of carbonyl (C=O) groups is 6. The third-order valence-electron chi connectivity index (χ3n) is 19.2. The van der Waals surface area contributed by atoms with Crippen molar-refractivity contribution < 1.29 is 144 Å². The Hall–Kier alpha value is -1.56. The van der Waals surface area contributed by atoms with Crippen molar-refractivity contribution in [2.75, 3.05) is 65.9 Å². The quantitative estimate of drug-likeness (QED) is 0.0110. The number of amides is 4. The molecule has 0 aromatic heterocycles. The molecule has 26 heteroatoms. The zero-order chi connectivity index (χ0) is 80.0. The molecule has 0 aromatic carbocycles. The van der Waals surface area contributed by atoms with Gasteiger partial charge in [0.2, 0.25) is 23.6 Å². The van der Waals surface area contributed by atoms with Gasteiger partial charge in [-0.1, -0.05) is 284 Å². The summed E-state index contributed by atoms with van der Waals surface area (Å²) in [7, 11) is -9.98. The van der Waals surface area contributed by atoms with E-state index in [1.54, 1.807) is 0 Å². The minimum atomic E-state index is -4.99. The van der Waals surface area contributed by atoms with Crippen LogP contribution in [0.2, 0.25) is 0 Å². The van der Waals surface area contributed by atoms with Crippen LogP contribution in [0.25, 0.3) is 0 Å². The molecular weight excluding hydrogens is 1470 g/mol. The second kappa shape index (κ2) is 84.9. The summed E-state index contributed by atoms with van der Waals surface area (Å²) in [6.45, 7) is 10.7. The molecule has 0 heterocycles. The van der Waals surface area contributed by atoms with Gasteiger partial charge in [-0.3, -0.25) is 37.9 Å². The number of hydrogen-bond acceptors (Lipinski definition) is 18. The molecule has 0 saturated carbocycles. The predicted molar refractivity (Wildman–Crippen MR) is 437 cm³/mol. The number of rotatable bonds is 84. The molecule has 640 valence electrons. The number of phosphoric ester groups is 2. The van der Waals surface area contributed by atoms with Gasteiger partial charge in [0.1, 0.15) is 18.6 Å². The molecule has 0 rings (SSSR count). The van der Waals surface area contributed by atoms with E-state index in [0.717, 1.165) is 128 Å². The van der Waals surface area contributed by atoms with Crippen LogP contribution in [0.1, 0.15) is 395 Å². The van der Waals surface area contributed by atoms with Crippen LogP contribution in [0.5, 0.6) is 0 Å². The Balaban J connectivity index is -0.0000583. The molecule has 0 fully saturated rings. The fourth-order valence-corrected chi connectivity index (χ4v) is 14.1. The fraction of sp³-hybridized carbons (Fsp3) is 0.882. The minimum Gasteiger partial charge on any atom is -0.756 e. The first-order valence-corrected chi connectivity index (χ1v) is 47.0. The van der Waals surface area contributed by atoms with E-state index in [1.165, 1.54) is 141 Å². The van der Waals surface area contributed by atoms with Crippen molar-refractivity contribution in [3.8, 4) is 0 Å². The maximum Gasteiger partial charge on any atom is 1.00 e. The first-order chi connectivity index (χ1) is 52.9. The standard InChI is InChI=1S/C85H162N4O18P2.2Na/c1-7-13-19-25-29-33-35-39-41-47-53-59-80(90)88-76(72-100-67-63-78(57-51-45-23-17-11-5)106-84(94)61-55-49-43-37-31-27-21-15-9-3)74-104-108(96,97)102-69-65-86-82(92)71-83(93)87-66-70-103-109(98,99)105-75-77(89-81(91)60-54-48-42-40-36-34-30-26-20-14-8-2)73-101-68-64-79(58-52-46-24-18-12-6)107-85(95)62-56-50-44-38-32-28-22-16-10-4;;/h37-38,43-44,76-79H,7-36,39-42,45-75H2,1-6H3,(H,86,92)(H,87,93)(H,88,90)(H,89,91)(H,96,97)(H,98,99);;/q;2*+1/p-2/b43-37-,44-38-;;/t76?,77?,78-,79-;;/m1../s1. The smallest absolute Gasteiger partial charge is 0.756 e. The molecule has 6 atom stereocenters. The second-order valence-electron chi connectivity index (χ2n) is 29.9. The summed E-state index contributed by atoms with van der Waals surface area (Å²) in [6, 6.07) is -1.74. The molecule has 4 amide bonds. The Bertz CT molecular complexity index is 2180. The molecule has 0 aromatic rings. The van der Waals surface area contributed by atoms with Crippen molar-refractivity contribution >= 4 is 51.2 Å². The fourth-order valence-electron chi connectivity index (χ4n) is 12.6. The molecule has 0 aliphatic carbocycles. The molecule has 0 saturated heterocycles. The Labute approximate surface area is 720 Å². The van der Waals surface area contributed by atoms with Gasteiger partial charge in [0.25, 0.3) is 15.6 Å². The van der Waals surface area contributed by atoms with Crippen molar-refractivity contribution in [3.63, 3.8) is 0 Å². The van der Waals surface area contributed by atoms with Gasteiger partial charge < -0.3 is 68.1 Å². The van der Waals surface area contributed by atoms with Gasteiger partial charge >= 0.3 is 71.1 Å². The summed E-state index contributed by atoms with van der Waals surface area (Å²) in [5.41, 5.74) is 0. The largest absolute Gasteiger partial charge is 1.00 e. The number of nitrogens with one attached hydrogen (secondary N) is 4. The maximum absolute atomic E-state index is 13.3. The third kappa shape index (κ3) is 82.0. The van der Waals surface area contributed by atoms with Crippen LogP contribution in [0.3, 0.4) is 0 Å². The van der Waals surface area contributed by atoms with Gasteiger partial charge in [0.05, 0.1) is 64.9 Å². The number of allylic oxidation sites excluding steroid dienone is 4. The van der Waals surface area contributed by atoms with E-state index in [1.807, 2.05) is 0 Å². The van der Waals surface area contributed by atoms with Crippen LogP contribution in [0.15, 0.2) is 24.3 Å². The van der Waals surface area contributed by atoms with Gasteiger partial charge in [-0.25, -0.2) is 0 Å². The van der Waals surface area contributed by atoms with Crippen molar-refractivity contribution in [1.29, 1.82) is 0 Å². The average molecular weight is 1630 g/mol. The van der Waals surface area contributed by atoms with Crippen LogP contribution in [-0.4, -0.2) is 126 Å². The van der Waals surface area contributed by atoms with Crippen molar-refractivity contribution in [2.45, 2.75) is 419 Å². The van der Waals surface area contributed by atoms with Crippen molar-refractivity contribution in [2.24, 2.45) is 0 Å². The van der Waals surface area contributed by atoms with Gasteiger partial charge in [-0.2, -0.15) is 0 Å². The summed E-state index contributed by atoms with van der Waals surface area (Å²) >= 11 is 0. The van der Waals surface area contributed by atoms with Crippen LogP contribution in [-0.2, 0) is 74.9 Å². The molecule has 111 heavy (non-hydrogen) atoms. The summed E-state index contributed by atoms with van der Waals surface area (Å²) < 4.78 is 70.6. The Morgan fingerprint density at radius 1 is 0.315 bits per heavy atom. The summed E-state index contributed by atoms with van der Waals surface area (Å²) in [5, 5.41) is 10.6. The SMILES string of the molecule is CCCCCC/C=C\CCCC(=O)O[C@H](CCCCCCC)CCOCC(COP(=O)([O-])OCCNC(=O)CC(=O)NCCOP(=O)([O-])OCC(COCC[C@@H](CCCCCCC)OC(=O)CCC/C=C\CCCCCC)NC(=O)CCCCCCCCCCCCC)NC(=O)CCCCCCCCCCCCC.[Na+].[Na+]. The van der Waals surface area contributed by atoms with E-state index < -0.39 is 72.4 Å². The van der Waals surface area contributed by atoms with E-state index in [4.69, 9.17) is 37.0 Å². The van der Waals surface area contributed by atoms with E-state index in [-0.39, 0.29) is 147 Å². The summed E-state index contributed by atoms with van der Waals surface area (Å²) in [6.07, 6.45) is 60.9. The molecule has 4 unspecified atom stereocenters. The van der Waals surface area contributed by atoms with E-state index in [0.29, 0.717) is 64.2 Å². The van der Waals surface area contributed by atoms with Crippen LogP contribution >= 0.6 is 15.6 Å². The minimum absolute atomic E-state index is 0. The topological polar surface area (TPSA) is 305 Å². The van der Waals surface area contributed by atoms with Gasteiger partial charge in [-0.15, -0.1) is 0 Å². The van der Waals surface area contributed by atoms with Crippen molar-refractivity contribution in [3.05, 3.63) is 24.3 Å². The zero-order valence-corrected chi connectivity index (χ0v) is 77.6. The number of carbonyl (C=O) groups excluding carboxylic acids is 6. The third-order valence-corrected chi connectivity index (χ3v) is 21.2. The van der Waals surface area contributed by atoms with Gasteiger partial charge in [0, 0.05) is 51.6 Å².